The predicted octanol–water partition coefficient (Wildman–Crippen LogP) is 1.03. The molecule has 82 valence electrons. The summed E-state index contributed by atoms with van der Waals surface area (Å²) in [5, 5.41) is 3.04. The monoisotopic (exact) mass is 207 g/mol. The molecule has 0 saturated heterocycles. The van der Waals surface area contributed by atoms with Gasteiger partial charge in [-0.25, -0.2) is 10.8 Å². The Bertz CT molecular complexity index is 328. The van der Waals surface area contributed by atoms with Crippen LogP contribution in [0.1, 0.15) is 19.5 Å². The highest BCUT2D eigenvalue weighted by Gasteiger charge is 1.99. The average molecular weight is 207 g/mol. The smallest absolute Gasteiger partial charge is 0.210 e. The van der Waals surface area contributed by atoms with Gasteiger partial charge in [-0.2, -0.15) is 0 Å². The predicted molar refractivity (Wildman–Crippen MR) is 62.5 cm³/mol. The lowest BCUT2D eigenvalue weighted by molar-refractivity contribution is 0.819. The van der Waals surface area contributed by atoms with Gasteiger partial charge in [-0.1, -0.05) is 0 Å². The van der Waals surface area contributed by atoms with Crippen LogP contribution in [-0.2, 0) is 0 Å². The molecule has 1 aromatic rings. The molecule has 0 unspecified atom stereocenters. The summed E-state index contributed by atoms with van der Waals surface area (Å²) in [5.74, 6) is 5.87. The first kappa shape index (κ1) is 11.5. The first-order valence-electron chi connectivity index (χ1n) is 4.86. The zero-order chi connectivity index (χ0) is 11.3. The number of hydrogen-bond acceptors (Lipinski definition) is 3. The van der Waals surface area contributed by atoms with Crippen molar-refractivity contribution in [1.29, 1.82) is 0 Å². The molecular weight excluding hydrogens is 190 g/mol. The van der Waals surface area contributed by atoms with Gasteiger partial charge in [-0.15, -0.1) is 0 Å². The maximum atomic E-state index is 5.34. The van der Waals surface area contributed by atoms with Crippen LogP contribution in [0.3, 0.4) is 0 Å². The Balaban J connectivity index is 2.71. The second-order valence-electron chi connectivity index (χ2n) is 3.53. The molecule has 0 bridgehead atoms. The van der Waals surface area contributed by atoms with Crippen LogP contribution in [0.2, 0.25) is 0 Å². The number of hydrogen-bond donors (Lipinski definition) is 3. The highest BCUT2D eigenvalue weighted by Crippen LogP contribution is 2.05. The van der Waals surface area contributed by atoms with Gasteiger partial charge in [-0.3, -0.25) is 10.4 Å². The summed E-state index contributed by atoms with van der Waals surface area (Å²) in [6.45, 7) is 5.90. The van der Waals surface area contributed by atoms with Crippen LogP contribution in [0.5, 0.6) is 0 Å². The van der Waals surface area contributed by atoms with Crippen LogP contribution >= 0.6 is 0 Å². The molecule has 4 N–H and O–H groups in total. The van der Waals surface area contributed by atoms with E-state index in [2.05, 4.69) is 20.7 Å². The van der Waals surface area contributed by atoms with Crippen molar-refractivity contribution >= 4 is 11.6 Å². The Kier molecular flexibility index (Phi) is 4.05. The number of aromatic nitrogens is 1. The number of nitrogens with one attached hydrogen (secondary N) is 2. The number of guanidine groups is 1. The molecule has 0 aliphatic heterocycles. The van der Waals surface area contributed by atoms with Gasteiger partial charge in [0, 0.05) is 11.7 Å². The van der Waals surface area contributed by atoms with Gasteiger partial charge in [0.2, 0.25) is 5.96 Å². The molecule has 0 aromatic carbocycles. The molecule has 15 heavy (non-hydrogen) atoms. The lowest BCUT2D eigenvalue weighted by atomic mass is 10.3. The van der Waals surface area contributed by atoms with Crippen molar-refractivity contribution in [3.05, 3.63) is 24.0 Å². The highest BCUT2D eigenvalue weighted by atomic mass is 15.3. The number of nitrogens with two attached hydrogens (primary N) is 1. The highest BCUT2D eigenvalue weighted by molar-refractivity contribution is 5.93. The number of aliphatic imine (C=N–C) groups is 1. The van der Waals surface area contributed by atoms with Gasteiger partial charge >= 0.3 is 0 Å². The Morgan fingerprint density at radius 1 is 1.47 bits per heavy atom. The van der Waals surface area contributed by atoms with Crippen LogP contribution in [0.4, 0.5) is 5.69 Å². The summed E-state index contributed by atoms with van der Waals surface area (Å²) in [6, 6.07) is 4.03. The summed E-state index contributed by atoms with van der Waals surface area (Å²) >= 11 is 0. The zero-order valence-electron chi connectivity index (χ0n) is 9.28. The standard InChI is InChI=1S/C10H17N5/c1-7(2)13-10(15-11)14-9-5-4-8(3)12-6-9/h4-7H,11H2,1-3H3,(H2,13,14,15). The number of rotatable bonds is 2. The van der Waals surface area contributed by atoms with Gasteiger partial charge in [-0.05, 0) is 32.9 Å². The third kappa shape index (κ3) is 3.95. The fourth-order valence-electron chi connectivity index (χ4n) is 1.04. The molecule has 0 atom stereocenters. The van der Waals surface area contributed by atoms with Crippen molar-refractivity contribution in [3.8, 4) is 0 Å². The normalized spacial score (nSPS) is 11.7. The molecule has 1 heterocycles. The van der Waals surface area contributed by atoms with E-state index < -0.39 is 0 Å². The minimum absolute atomic E-state index is 0.182. The Morgan fingerprint density at radius 2 is 2.20 bits per heavy atom. The van der Waals surface area contributed by atoms with Crippen LogP contribution < -0.4 is 16.6 Å². The molecule has 0 saturated carbocycles. The van der Waals surface area contributed by atoms with Crippen molar-refractivity contribution in [3.63, 3.8) is 0 Å². The van der Waals surface area contributed by atoms with E-state index in [1.807, 2.05) is 32.9 Å². The SMILES string of the molecule is Cc1ccc(NC(=NC(C)C)NN)cn1. The molecule has 1 rings (SSSR count). The Hall–Kier alpha value is -1.62. The maximum absolute atomic E-state index is 5.34. The average Bonchev–Trinajstić information content (AvgIpc) is 2.19. The van der Waals surface area contributed by atoms with Gasteiger partial charge in [0.1, 0.15) is 0 Å². The van der Waals surface area contributed by atoms with E-state index in [1.165, 1.54) is 0 Å². The van der Waals surface area contributed by atoms with Gasteiger partial charge in [0.15, 0.2) is 0 Å². The minimum Gasteiger partial charge on any atom is -0.324 e. The minimum atomic E-state index is 0.182. The number of anilines is 1. The first-order chi connectivity index (χ1) is 7.11. The topological polar surface area (TPSA) is 75.3 Å². The molecule has 0 spiro atoms. The number of hydrazine groups is 1. The molecule has 0 radical (unpaired) electrons. The summed E-state index contributed by atoms with van der Waals surface area (Å²) in [5.41, 5.74) is 4.34. The van der Waals surface area contributed by atoms with Gasteiger partial charge in [0.25, 0.3) is 0 Å². The van der Waals surface area contributed by atoms with Gasteiger partial charge in [0.05, 0.1) is 11.9 Å². The van der Waals surface area contributed by atoms with Crippen LogP contribution in [0.25, 0.3) is 0 Å². The van der Waals surface area contributed by atoms with E-state index in [0.717, 1.165) is 11.4 Å². The van der Waals surface area contributed by atoms with Crippen molar-refractivity contribution in [1.82, 2.24) is 10.4 Å². The first-order valence-corrected chi connectivity index (χ1v) is 4.86. The summed E-state index contributed by atoms with van der Waals surface area (Å²) in [6.07, 6.45) is 1.74. The molecule has 0 amide bonds. The second-order valence-corrected chi connectivity index (χ2v) is 3.53. The molecular formula is C10H17N5. The van der Waals surface area contributed by atoms with Crippen molar-refractivity contribution < 1.29 is 0 Å². The zero-order valence-corrected chi connectivity index (χ0v) is 9.28. The largest absolute Gasteiger partial charge is 0.324 e. The van der Waals surface area contributed by atoms with E-state index in [1.54, 1.807) is 6.20 Å². The quantitative estimate of drug-likeness (QED) is 0.293. The van der Waals surface area contributed by atoms with Crippen molar-refractivity contribution in [2.24, 2.45) is 10.8 Å². The molecule has 0 fully saturated rings. The molecule has 0 aliphatic carbocycles. The fourth-order valence-corrected chi connectivity index (χ4v) is 1.04. The van der Waals surface area contributed by atoms with Crippen LogP contribution in [0.15, 0.2) is 23.3 Å². The molecule has 5 nitrogen and oxygen atoms in total. The summed E-state index contributed by atoms with van der Waals surface area (Å²) in [4.78, 5) is 8.41. The van der Waals surface area contributed by atoms with Crippen LogP contribution in [0, 0.1) is 6.92 Å². The molecule has 0 aliphatic rings. The Morgan fingerprint density at radius 3 is 2.67 bits per heavy atom. The van der Waals surface area contributed by atoms with E-state index in [4.69, 9.17) is 5.84 Å². The number of aryl methyl sites for hydroxylation is 1. The second kappa shape index (κ2) is 5.31. The van der Waals surface area contributed by atoms with Gasteiger partial charge < -0.3 is 5.32 Å². The third-order valence-electron chi connectivity index (χ3n) is 1.70. The van der Waals surface area contributed by atoms with E-state index in [0.29, 0.717) is 5.96 Å². The number of nitrogens with zero attached hydrogens (tertiary/aromatic N) is 2. The lowest BCUT2D eigenvalue weighted by Crippen LogP contribution is -2.37. The summed E-state index contributed by atoms with van der Waals surface area (Å²) < 4.78 is 0. The fraction of sp³-hybridized carbons (Fsp3) is 0.400. The third-order valence-corrected chi connectivity index (χ3v) is 1.70. The van der Waals surface area contributed by atoms with E-state index in [-0.39, 0.29) is 6.04 Å². The van der Waals surface area contributed by atoms with Crippen molar-refractivity contribution in [2.45, 2.75) is 26.8 Å². The molecule has 1 aromatic heterocycles. The Labute approximate surface area is 89.8 Å². The van der Waals surface area contributed by atoms with E-state index >= 15 is 0 Å². The maximum Gasteiger partial charge on any atom is 0.210 e. The number of pyridine rings is 1. The van der Waals surface area contributed by atoms with Crippen molar-refractivity contribution in [2.75, 3.05) is 5.32 Å². The lowest BCUT2D eigenvalue weighted by Gasteiger charge is -2.10. The summed E-state index contributed by atoms with van der Waals surface area (Å²) in [7, 11) is 0. The van der Waals surface area contributed by atoms with Crippen LogP contribution in [-0.4, -0.2) is 17.0 Å². The molecule has 5 heteroatoms. The van der Waals surface area contributed by atoms with E-state index in [9.17, 15) is 0 Å².